The molecule has 100 valence electrons. The van der Waals surface area contributed by atoms with Crippen molar-refractivity contribution in [3.05, 3.63) is 63.1 Å². The molecule has 0 bridgehead atoms. The second-order valence-electron chi connectivity index (χ2n) is 4.29. The van der Waals surface area contributed by atoms with Crippen molar-refractivity contribution in [2.75, 3.05) is 7.11 Å². The SMILES string of the molecule is COc1ccc(C(O)c2cc(Cl)ccc2C)c(Cl)c1. The summed E-state index contributed by atoms with van der Waals surface area (Å²) in [6.45, 7) is 1.92. The van der Waals surface area contributed by atoms with Gasteiger partial charge in [0, 0.05) is 10.6 Å². The molecule has 0 aliphatic rings. The highest BCUT2D eigenvalue weighted by molar-refractivity contribution is 6.31. The number of hydrogen-bond donors (Lipinski definition) is 1. The van der Waals surface area contributed by atoms with Crippen molar-refractivity contribution in [3.63, 3.8) is 0 Å². The largest absolute Gasteiger partial charge is 0.497 e. The fourth-order valence-electron chi connectivity index (χ4n) is 1.93. The Morgan fingerprint density at radius 1 is 1.05 bits per heavy atom. The molecule has 2 aromatic rings. The van der Waals surface area contributed by atoms with Crippen LogP contribution in [0.2, 0.25) is 10.0 Å². The molecule has 0 amide bonds. The number of aliphatic hydroxyl groups excluding tert-OH is 1. The Morgan fingerprint density at radius 2 is 1.79 bits per heavy atom. The number of benzene rings is 2. The van der Waals surface area contributed by atoms with Crippen molar-refractivity contribution in [2.45, 2.75) is 13.0 Å². The second kappa shape index (κ2) is 5.83. The van der Waals surface area contributed by atoms with Crippen molar-refractivity contribution in [3.8, 4) is 5.75 Å². The third-order valence-electron chi connectivity index (χ3n) is 3.04. The van der Waals surface area contributed by atoms with Gasteiger partial charge >= 0.3 is 0 Å². The van der Waals surface area contributed by atoms with E-state index in [1.165, 1.54) is 0 Å². The van der Waals surface area contributed by atoms with E-state index < -0.39 is 6.10 Å². The number of halogens is 2. The van der Waals surface area contributed by atoms with Crippen LogP contribution < -0.4 is 4.74 Å². The number of methoxy groups -OCH3 is 1. The summed E-state index contributed by atoms with van der Waals surface area (Å²) in [7, 11) is 1.57. The first kappa shape index (κ1) is 14.2. The van der Waals surface area contributed by atoms with Gasteiger partial charge in [-0.25, -0.2) is 0 Å². The molecule has 2 nitrogen and oxygen atoms in total. The second-order valence-corrected chi connectivity index (χ2v) is 5.13. The molecule has 0 spiro atoms. The third kappa shape index (κ3) is 3.03. The molecular weight excluding hydrogens is 283 g/mol. The minimum atomic E-state index is -0.808. The Balaban J connectivity index is 2.43. The zero-order chi connectivity index (χ0) is 14.0. The van der Waals surface area contributed by atoms with E-state index in [0.29, 0.717) is 21.4 Å². The van der Waals surface area contributed by atoms with Gasteiger partial charge < -0.3 is 9.84 Å². The molecule has 4 heteroatoms. The fraction of sp³-hybridized carbons (Fsp3) is 0.200. The Kier molecular flexibility index (Phi) is 4.35. The van der Waals surface area contributed by atoms with Crippen LogP contribution in [0.25, 0.3) is 0 Å². The highest BCUT2D eigenvalue weighted by Crippen LogP contribution is 2.33. The van der Waals surface area contributed by atoms with Gasteiger partial charge in [0.2, 0.25) is 0 Å². The molecule has 1 unspecified atom stereocenters. The quantitative estimate of drug-likeness (QED) is 0.910. The van der Waals surface area contributed by atoms with E-state index in [0.717, 1.165) is 11.1 Å². The zero-order valence-electron chi connectivity index (χ0n) is 10.7. The lowest BCUT2D eigenvalue weighted by molar-refractivity contribution is 0.219. The monoisotopic (exact) mass is 296 g/mol. The van der Waals surface area contributed by atoms with Gasteiger partial charge in [-0.3, -0.25) is 0 Å². The molecule has 19 heavy (non-hydrogen) atoms. The van der Waals surface area contributed by atoms with Crippen LogP contribution in [-0.2, 0) is 0 Å². The van der Waals surface area contributed by atoms with Crippen LogP contribution in [0, 0.1) is 6.92 Å². The predicted molar refractivity (Wildman–Crippen MR) is 78.3 cm³/mol. The highest BCUT2D eigenvalue weighted by Gasteiger charge is 2.16. The van der Waals surface area contributed by atoms with Crippen molar-refractivity contribution in [1.29, 1.82) is 0 Å². The first-order chi connectivity index (χ1) is 9.02. The lowest BCUT2D eigenvalue weighted by atomic mass is 9.97. The maximum atomic E-state index is 10.5. The molecule has 0 aliphatic carbocycles. The number of hydrogen-bond acceptors (Lipinski definition) is 2. The molecule has 0 saturated heterocycles. The Bertz CT molecular complexity index is 597. The van der Waals surface area contributed by atoms with Crippen LogP contribution in [0.5, 0.6) is 5.75 Å². The molecule has 2 rings (SSSR count). The van der Waals surface area contributed by atoms with E-state index in [1.807, 2.05) is 13.0 Å². The fourth-order valence-corrected chi connectivity index (χ4v) is 2.38. The summed E-state index contributed by atoms with van der Waals surface area (Å²) in [5.41, 5.74) is 2.34. The summed E-state index contributed by atoms with van der Waals surface area (Å²) in [4.78, 5) is 0. The summed E-state index contributed by atoms with van der Waals surface area (Å²) in [6, 6.07) is 10.6. The number of ether oxygens (including phenoxy) is 1. The van der Waals surface area contributed by atoms with Gasteiger partial charge in [0.15, 0.2) is 0 Å². The minimum Gasteiger partial charge on any atom is -0.497 e. The van der Waals surface area contributed by atoms with Gasteiger partial charge in [0.05, 0.1) is 12.1 Å². The molecule has 0 heterocycles. The normalized spacial score (nSPS) is 12.3. The molecule has 1 N–H and O–H groups in total. The molecule has 1 atom stereocenters. The van der Waals surface area contributed by atoms with Crippen LogP contribution in [0.4, 0.5) is 0 Å². The summed E-state index contributed by atoms with van der Waals surface area (Å²) in [5, 5.41) is 11.5. The Labute approximate surface area is 122 Å². The smallest absolute Gasteiger partial charge is 0.120 e. The first-order valence-electron chi connectivity index (χ1n) is 5.80. The molecule has 0 aromatic heterocycles. The van der Waals surface area contributed by atoms with Crippen molar-refractivity contribution < 1.29 is 9.84 Å². The van der Waals surface area contributed by atoms with Crippen LogP contribution >= 0.6 is 23.2 Å². The van der Waals surface area contributed by atoms with E-state index >= 15 is 0 Å². The molecule has 0 saturated carbocycles. The number of aryl methyl sites for hydroxylation is 1. The van der Waals surface area contributed by atoms with Gasteiger partial charge in [-0.1, -0.05) is 35.3 Å². The summed E-state index contributed by atoms with van der Waals surface area (Å²) in [6.07, 6.45) is -0.808. The lowest BCUT2D eigenvalue weighted by Crippen LogP contribution is -2.03. The summed E-state index contributed by atoms with van der Waals surface area (Å²) in [5.74, 6) is 0.656. The summed E-state index contributed by atoms with van der Waals surface area (Å²) < 4.78 is 5.09. The average molecular weight is 297 g/mol. The number of aliphatic hydroxyl groups is 1. The van der Waals surface area contributed by atoms with E-state index in [2.05, 4.69) is 0 Å². The van der Waals surface area contributed by atoms with Gasteiger partial charge in [0.1, 0.15) is 11.9 Å². The van der Waals surface area contributed by atoms with Gasteiger partial charge in [0.25, 0.3) is 0 Å². The van der Waals surface area contributed by atoms with Gasteiger partial charge in [-0.15, -0.1) is 0 Å². The maximum Gasteiger partial charge on any atom is 0.120 e. The van der Waals surface area contributed by atoms with Crippen LogP contribution in [0.15, 0.2) is 36.4 Å². The average Bonchev–Trinajstić information content (AvgIpc) is 2.40. The van der Waals surface area contributed by atoms with Crippen LogP contribution in [-0.4, -0.2) is 12.2 Å². The molecular formula is C15H14Cl2O2. The van der Waals surface area contributed by atoms with Crippen molar-refractivity contribution in [2.24, 2.45) is 0 Å². The zero-order valence-corrected chi connectivity index (χ0v) is 12.2. The topological polar surface area (TPSA) is 29.5 Å². The van der Waals surface area contributed by atoms with Gasteiger partial charge in [-0.2, -0.15) is 0 Å². The minimum absolute atomic E-state index is 0.464. The maximum absolute atomic E-state index is 10.5. The van der Waals surface area contributed by atoms with E-state index in [1.54, 1.807) is 37.4 Å². The van der Waals surface area contributed by atoms with E-state index in [4.69, 9.17) is 27.9 Å². The Hall–Kier alpha value is -1.22. The summed E-state index contributed by atoms with van der Waals surface area (Å²) >= 11 is 12.1. The highest BCUT2D eigenvalue weighted by atomic mass is 35.5. The molecule has 2 aromatic carbocycles. The third-order valence-corrected chi connectivity index (χ3v) is 3.60. The Morgan fingerprint density at radius 3 is 2.42 bits per heavy atom. The van der Waals surface area contributed by atoms with Crippen molar-refractivity contribution in [1.82, 2.24) is 0 Å². The molecule has 0 fully saturated rings. The van der Waals surface area contributed by atoms with E-state index in [-0.39, 0.29) is 0 Å². The number of rotatable bonds is 3. The predicted octanol–water partition coefficient (Wildman–Crippen LogP) is 4.39. The lowest BCUT2D eigenvalue weighted by Gasteiger charge is -2.16. The van der Waals surface area contributed by atoms with E-state index in [9.17, 15) is 5.11 Å². The van der Waals surface area contributed by atoms with Crippen LogP contribution in [0.1, 0.15) is 22.8 Å². The molecule has 0 aliphatic heterocycles. The molecule has 0 radical (unpaired) electrons. The van der Waals surface area contributed by atoms with Crippen molar-refractivity contribution >= 4 is 23.2 Å². The first-order valence-corrected chi connectivity index (χ1v) is 6.56. The standard InChI is InChI=1S/C15H14Cl2O2/c1-9-3-4-10(16)7-13(9)15(18)12-6-5-11(19-2)8-14(12)17/h3-8,15,18H,1-2H3. The van der Waals surface area contributed by atoms with Gasteiger partial charge in [-0.05, 0) is 42.3 Å². The van der Waals surface area contributed by atoms with Crippen LogP contribution in [0.3, 0.4) is 0 Å².